The second-order valence-corrected chi connectivity index (χ2v) is 10.8. The van der Waals surface area contributed by atoms with Gasteiger partial charge in [-0.1, -0.05) is 42.5 Å². The number of hydrogen-bond acceptors (Lipinski definition) is 5. The minimum atomic E-state index is -4.76. The fourth-order valence-electron chi connectivity index (χ4n) is 7.76. The van der Waals surface area contributed by atoms with E-state index in [0.29, 0.717) is 40.9 Å². The molecule has 5 heterocycles. The number of amides is 2. The van der Waals surface area contributed by atoms with Crippen LogP contribution in [0.25, 0.3) is 16.6 Å². The first-order valence-electron chi connectivity index (χ1n) is 13.2. The molecule has 8 rings (SSSR count). The molecule has 40 heavy (non-hydrogen) atoms. The molecule has 4 aromatic rings. The first-order chi connectivity index (χ1) is 19.3. The molecule has 0 N–H and O–H groups in total. The summed E-state index contributed by atoms with van der Waals surface area (Å²) in [4.78, 5) is 50.2. The Morgan fingerprint density at radius 3 is 2.35 bits per heavy atom. The van der Waals surface area contributed by atoms with E-state index in [0.717, 1.165) is 17.4 Å². The van der Waals surface area contributed by atoms with E-state index in [9.17, 15) is 27.6 Å². The number of fused-ring (bicyclic) bond motifs is 11. The molecular formula is C30H21F3N4O3. The lowest BCUT2D eigenvalue weighted by Gasteiger charge is -2.38. The van der Waals surface area contributed by atoms with Crippen LogP contribution in [0.4, 0.5) is 18.9 Å². The van der Waals surface area contributed by atoms with Crippen molar-refractivity contribution in [2.45, 2.75) is 30.6 Å². The van der Waals surface area contributed by atoms with Crippen molar-refractivity contribution in [1.82, 2.24) is 14.5 Å². The lowest BCUT2D eigenvalue weighted by atomic mass is 9.75. The maximum Gasteiger partial charge on any atom is 0.418 e. The third-order valence-electron chi connectivity index (χ3n) is 9.09. The third kappa shape index (κ3) is 2.64. The van der Waals surface area contributed by atoms with Gasteiger partial charge in [0.1, 0.15) is 11.4 Å². The molecule has 200 valence electrons. The number of alkyl halides is 3. The third-order valence-corrected chi connectivity index (χ3v) is 9.09. The quantitative estimate of drug-likeness (QED) is 0.337. The molecule has 4 atom stereocenters. The predicted molar refractivity (Wildman–Crippen MR) is 139 cm³/mol. The maximum absolute atomic E-state index is 14.4. The average Bonchev–Trinajstić information content (AvgIpc) is 3.66. The van der Waals surface area contributed by atoms with Gasteiger partial charge in [-0.25, -0.2) is 9.88 Å². The maximum atomic E-state index is 14.4. The van der Waals surface area contributed by atoms with Gasteiger partial charge in [-0.3, -0.25) is 23.9 Å². The van der Waals surface area contributed by atoms with Gasteiger partial charge in [0.15, 0.2) is 0 Å². The molecule has 4 aliphatic heterocycles. The number of imide groups is 1. The fraction of sp³-hybridized carbons (Fsp3) is 0.267. The Bertz CT molecular complexity index is 1850. The zero-order valence-electron chi connectivity index (χ0n) is 20.9. The Kier molecular flexibility index (Phi) is 4.51. The van der Waals surface area contributed by atoms with E-state index in [1.807, 2.05) is 12.1 Å². The summed E-state index contributed by atoms with van der Waals surface area (Å²) in [5.74, 6) is -2.93. The van der Waals surface area contributed by atoms with Crippen LogP contribution in [0.1, 0.15) is 29.8 Å². The van der Waals surface area contributed by atoms with Gasteiger partial charge < -0.3 is 0 Å². The van der Waals surface area contributed by atoms with E-state index in [4.69, 9.17) is 4.98 Å². The highest BCUT2D eigenvalue weighted by molar-refractivity contribution is 6.23. The van der Waals surface area contributed by atoms with E-state index in [-0.39, 0.29) is 11.6 Å². The van der Waals surface area contributed by atoms with E-state index in [1.165, 1.54) is 22.8 Å². The van der Waals surface area contributed by atoms with Gasteiger partial charge in [-0.05, 0) is 49.7 Å². The molecule has 10 heteroatoms. The second kappa shape index (κ2) is 7.66. The highest BCUT2D eigenvalue weighted by Crippen LogP contribution is 2.62. The monoisotopic (exact) mass is 542 g/mol. The summed E-state index contributed by atoms with van der Waals surface area (Å²) in [6.45, 7) is 0.564. The standard InChI is InChI=1S/C30H21F3N4O3/c31-30(32,33)18-10-3-6-13-21(18)36-26(39)23-22-14-7-15-35(22)29(24(23)27(36)40)17-9-2-5-12-20(17)37-25(38)16-8-1-4-11-19(16)34-28(29)37/h1-6,8-13,22-24H,7,14-15H2/t22?,23-,24+,29?/m0/s1. The zero-order chi connectivity index (χ0) is 27.6. The molecule has 7 nitrogen and oxygen atoms in total. The van der Waals surface area contributed by atoms with Crippen LogP contribution in [0.2, 0.25) is 0 Å². The topological polar surface area (TPSA) is 75.5 Å². The molecule has 2 unspecified atom stereocenters. The Morgan fingerprint density at radius 1 is 0.850 bits per heavy atom. The minimum absolute atomic E-state index is 0.292. The van der Waals surface area contributed by atoms with Crippen molar-refractivity contribution in [3.8, 4) is 5.69 Å². The van der Waals surface area contributed by atoms with Crippen LogP contribution >= 0.6 is 0 Å². The van der Waals surface area contributed by atoms with Crippen LogP contribution in [0.5, 0.6) is 0 Å². The Morgan fingerprint density at radius 2 is 1.55 bits per heavy atom. The summed E-state index contributed by atoms with van der Waals surface area (Å²) in [7, 11) is 0. The van der Waals surface area contributed by atoms with Crippen molar-refractivity contribution in [3.05, 3.63) is 100 Å². The molecule has 0 radical (unpaired) electrons. The normalized spacial score (nSPS) is 27.0. The zero-order valence-corrected chi connectivity index (χ0v) is 20.9. The van der Waals surface area contributed by atoms with Crippen LogP contribution in [0.3, 0.4) is 0 Å². The number of hydrogen-bond donors (Lipinski definition) is 0. The molecule has 1 spiro atoms. The van der Waals surface area contributed by atoms with Crippen LogP contribution in [-0.4, -0.2) is 38.9 Å². The van der Waals surface area contributed by atoms with Crippen molar-refractivity contribution in [2.75, 3.05) is 11.4 Å². The number of nitrogens with zero attached hydrogens (tertiary/aromatic N) is 4. The lowest BCUT2D eigenvalue weighted by molar-refractivity contribution is -0.137. The SMILES string of the molecule is O=C1[C@H]2C3CCCN3C3(c4ccccc4-n4c3nc3ccccc3c4=O)[C@H]2C(=O)N1c1ccccc1C(F)(F)F. The summed E-state index contributed by atoms with van der Waals surface area (Å²) in [5.41, 5.74) is -1.37. The highest BCUT2D eigenvalue weighted by Gasteiger charge is 2.74. The average molecular weight is 543 g/mol. The van der Waals surface area contributed by atoms with Crippen LogP contribution in [0.15, 0.2) is 77.6 Å². The van der Waals surface area contributed by atoms with Gasteiger partial charge in [0.25, 0.3) is 5.56 Å². The highest BCUT2D eigenvalue weighted by atomic mass is 19.4. The summed E-state index contributed by atoms with van der Waals surface area (Å²) in [5, 5.41) is 0.417. The smallest absolute Gasteiger partial charge is 0.283 e. The molecule has 1 aromatic heterocycles. The van der Waals surface area contributed by atoms with Gasteiger partial charge in [-0.2, -0.15) is 13.2 Å². The molecule has 0 saturated carbocycles. The first kappa shape index (κ1) is 23.6. The minimum Gasteiger partial charge on any atom is -0.283 e. The van der Waals surface area contributed by atoms with Gasteiger partial charge in [0, 0.05) is 11.6 Å². The number of aromatic nitrogens is 2. The number of benzene rings is 3. The molecule has 0 bridgehead atoms. The number of para-hydroxylation sites is 3. The van der Waals surface area contributed by atoms with Crippen LogP contribution in [-0.2, 0) is 21.3 Å². The molecule has 4 aliphatic rings. The predicted octanol–water partition coefficient (Wildman–Crippen LogP) is 4.25. The van der Waals surface area contributed by atoms with Gasteiger partial charge in [0.2, 0.25) is 11.8 Å². The van der Waals surface area contributed by atoms with Crippen LogP contribution in [0, 0.1) is 11.8 Å². The van der Waals surface area contributed by atoms with Gasteiger partial charge in [0.05, 0.1) is 39.7 Å². The van der Waals surface area contributed by atoms with E-state index >= 15 is 0 Å². The van der Waals surface area contributed by atoms with Crippen molar-refractivity contribution < 1.29 is 22.8 Å². The summed E-state index contributed by atoms with van der Waals surface area (Å²) in [6, 6.07) is 18.5. The van der Waals surface area contributed by atoms with Crippen molar-refractivity contribution in [1.29, 1.82) is 0 Å². The molecule has 3 saturated heterocycles. The van der Waals surface area contributed by atoms with Crippen LogP contribution < -0.4 is 10.5 Å². The van der Waals surface area contributed by atoms with Crippen molar-refractivity contribution in [2.24, 2.45) is 11.8 Å². The second-order valence-electron chi connectivity index (χ2n) is 10.8. The van der Waals surface area contributed by atoms with E-state index in [2.05, 4.69) is 4.90 Å². The Hall–Kier alpha value is -4.31. The Balaban J connectivity index is 1.43. The van der Waals surface area contributed by atoms with Gasteiger partial charge in [-0.15, -0.1) is 0 Å². The Labute approximate surface area is 225 Å². The van der Waals surface area contributed by atoms with Crippen molar-refractivity contribution in [3.63, 3.8) is 0 Å². The molecular weight excluding hydrogens is 521 g/mol. The first-order valence-corrected chi connectivity index (χ1v) is 13.2. The molecule has 0 aliphatic carbocycles. The number of rotatable bonds is 1. The molecule has 2 amide bonds. The largest absolute Gasteiger partial charge is 0.418 e. The summed E-state index contributed by atoms with van der Waals surface area (Å²) >= 11 is 0. The number of halogens is 3. The fourth-order valence-corrected chi connectivity index (χ4v) is 7.76. The number of anilines is 1. The molecule has 3 aromatic carbocycles. The lowest BCUT2D eigenvalue weighted by Crippen LogP contribution is -2.51. The summed E-state index contributed by atoms with van der Waals surface area (Å²) < 4.78 is 43.6. The summed E-state index contributed by atoms with van der Waals surface area (Å²) in [6.07, 6.45) is -3.40. The van der Waals surface area contributed by atoms with Gasteiger partial charge >= 0.3 is 6.18 Å². The van der Waals surface area contributed by atoms with Crippen molar-refractivity contribution >= 4 is 28.4 Å². The van der Waals surface area contributed by atoms with E-state index in [1.54, 1.807) is 36.4 Å². The van der Waals surface area contributed by atoms with E-state index < -0.39 is 46.6 Å². The number of carbonyl (C=O) groups excluding carboxylic acids is 2. The number of carbonyl (C=O) groups is 2. The molecule has 3 fully saturated rings.